The number of benzene rings is 3. The average molecular weight is 501 g/mol. The zero-order chi connectivity index (χ0) is 26.3. The number of H-pyrrole nitrogens is 1. The van der Waals surface area contributed by atoms with E-state index in [1.807, 2.05) is 12.1 Å². The van der Waals surface area contributed by atoms with Gasteiger partial charge in [-0.3, -0.25) is 14.3 Å². The van der Waals surface area contributed by atoms with Crippen LogP contribution in [0.3, 0.4) is 0 Å². The lowest BCUT2D eigenvalue weighted by molar-refractivity contribution is 0.101. The number of anilines is 1. The number of nitrogens with one attached hydrogen (secondary N) is 2. The molecule has 0 bridgehead atoms. The van der Waals surface area contributed by atoms with Gasteiger partial charge in [0.2, 0.25) is 5.78 Å². The maximum Gasteiger partial charge on any atom is 0.261 e. The van der Waals surface area contributed by atoms with Crippen molar-refractivity contribution >= 4 is 38.2 Å². The minimum Gasteiger partial charge on any atom is -0.351 e. The van der Waals surface area contributed by atoms with Gasteiger partial charge in [0.15, 0.2) is 5.78 Å². The monoisotopic (exact) mass is 500 g/mol. The number of Topliss-reactive ketones (excluding diaryl/α,β-unsaturated/α-hetero) is 1. The Balaban J connectivity index is 1.77. The van der Waals surface area contributed by atoms with E-state index in [1.54, 1.807) is 54.6 Å². The maximum atomic E-state index is 13.1. The smallest absolute Gasteiger partial charge is 0.261 e. The minimum absolute atomic E-state index is 0.0601. The van der Waals surface area contributed by atoms with Crippen LogP contribution in [0.25, 0.3) is 22.0 Å². The van der Waals surface area contributed by atoms with Gasteiger partial charge in [0, 0.05) is 27.7 Å². The SMILES string of the molecule is C=CC(=O)c1[nH]c2ccc(NS(=O)(=O)c3ccc(C(C)(C)C)cc3)cc2c1-c1ccc(C(C)=O)cc1. The van der Waals surface area contributed by atoms with E-state index in [0.29, 0.717) is 39.0 Å². The first kappa shape index (κ1) is 25.1. The van der Waals surface area contributed by atoms with E-state index in [1.165, 1.54) is 13.0 Å². The van der Waals surface area contributed by atoms with Crippen LogP contribution in [0.5, 0.6) is 0 Å². The number of rotatable bonds is 7. The van der Waals surface area contributed by atoms with Crippen molar-refractivity contribution in [1.82, 2.24) is 4.98 Å². The third-order valence-corrected chi connectivity index (χ3v) is 7.49. The van der Waals surface area contributed by atoms with E-state index in [4.69, 9.17) is 0 Å². The van der Waals surface area contributed by atoms with Gasteiger partial charge < -0.3 is 4.98 Å². The Bertz CT molecular complexity index is 1590. The molecule has 1 aromatic heterocycles. The van der Waals surface area contributed by atoms with Gasteiger partial charge in [-0.25, -0.2) is 8.42 Å². The second-order valence-corrected chi connectivity index (χ2v) is 11.4. The lowest BCUT2D eigenvalue weighted by Gasteiger charge is -2.19. The Kier molecular flexibility index (Phi) is 6.45. The van der Waals surface area contributed by atoms with Crippen molar-refractivity contribution in [2.75, 3.05) is 4.72 Å². The number of carbonyl (C=O) groups excluding carboxylic acids is 2. The van der Waals surface area contributed by atoms with Crippen molar-refractivity contribution in [3.63, 3.8) is 0 Å². The van der Waals surface area contributed by atoms with Crippen molar-refractivity contribution in [1.29, 1.82) is 0 Å². The highest BCUT2D eigenvalue weighted by Crippen LogP contribution is 2.35. The van der Waals surface area contributed by atoms with E-state index in [2.05, 4.69) is 37.1 Å². The van der Waals surface area contributed by atoms with Gasteiger partial charge >= 0.3 is 0 Å². The standard InChI is InChI=1S/C29H28N2O4S/c1-6-26(33)28-27(20-9-7-19(8-10-20)18(2)32)24-17-22(13-16-25(24)30-28)31-36(34,35)23-14-11-21(12-15-23)29(3,4)5/h6-17,30-31H,1H2,2-5H3. The zero-order valence-corrected chi connectivity index (χ0v) is 21.5. The Morgan fingerprint density at radius 2 is 1.58 bits per heavy atom. The van der Waals surface area contributed by atoms with Crippen LogP contribution in [0.4, 0.5) is 5.69 Å². The van der Waals surface area contributed by atoms with Crippen molar-refractivity contribution in [3.8, 4) is 11.1 Å². The number of fused-ring (bicyclic) bond motifs is 1. The lowest BCUT2D eigenvalue weighted by Crippen LogP contribution is -2.14. The summed E-state index contributed by atoms with van der Waals surface area (Å²) in [6, 6.07) is 18.8. The number of aromatic nitrogens is 1. The van der Waals surface area contributed by atoms with E-state index >= 15 is 0 Å². The fraction of sp³-hybridized carbons (Fsp3) is 0.172. The summed E-state index contributed by atoms with van der Waals surface area (Å²) in [7, 11) is -3.83. The van der Waals surface area contributed by atoms with E-state index in [-0.39, 0.29) is 21.9 Å². The molecule has 36 heavy (non-hydrogen) atoms. The molecule has 0 amide bonds. The molecule has 0 saturated carbocycles. The van der Waals surface area contributed by atoms with Crippen LogP contribution in [-0.2, 0) is 15.4 Å². The molecule has 0 aliphatic rings. The quantitative estimate of drug-likeness (QED) is 0.223. The molecule has 4 rings (SSSR count). The molecule has 6 nitrogen and oxygen atoms in total. The van der Waals surface area contributed by atoms with Crippen LogP contribution in [0.1, 0.15) is 54.1 Å². The fourth-order valence-corrected chi connectivity index (χ4v) is 5.11. The topological polar surface area (TPSA) is 96.1 Å². The molecule has 2 N–H and O–H groups in total. The third-order valence-electron chi connectivity index (χ3n) is 6.09. The molecule has 0 fully saturated rings. The lowest BCUT2D eigenvalue weighted by atomic mass is 9.87. The first-order chi connectivity index (χ1) is 16.9. The van der Waals surface area contributed by atoms with E-state index in [9.17, 15) is 18.0 Å². The first-order valence-electron chi connectivity index (χ1n) is 11.5. The Morgan fingerprint density at radius 1 is 0.944 bits per heavy atom. The van der Waals surface area contributed by atoms with Crippen LogP contribution in [0.2, 0.25) is 0 Å². The minimum atomic E-state index is -3.83. The fourth-order valence-electron chi connectivity index (χ4n) is 4.06. The molecule has 1 heterocycles. The summed E-state index contributed by atoms with van der Waals surface area (Å²) in [4.78, 5) is 27.6. The largest absolute Gasteiger partial charge is 0.351 e. The highest BCUT2D eigenvalue weighted by atomic mass is 32.2. The first-order valence-corrected chi connectivity index (χ1v) is 13.0. The van der Waals surface area contributed by atoms with Crippen molar-refractivity contribution in [2.45, 2.75) is 38.0 Å². The molecule has 4 aromatic rings. The molecule has 7 heteroatoms. The highest BCUT2D eigenvalue weighted by Gasteiger charge is 2.21. The number of allylic oxidation sites excluding steroid dienone is 1. The zero-order valence-electron chi connectivity index (χ0n) is 20.7. The summed E-state index contributed by atoms with van der Waals surface area (Å²) in [5, 5.41) is 0.666. The van der Waals surface area contributed by atoms with Crippen LogP contribution in [0, 0.1) is 0 Å². The molecule has 0 spiro atoms. The number of sulfonamides is 1. The highest BCUT2D eigenvalue weighted by molar-refractivity contribution is 7.92. The summed E-state index contributed by atoms with van der Waals surface area (Å²) >= 11 is 0. The summed E-state index contributed by atoms with van der Waals surface area (Å²) in [5.41, 5.74) is 4.21. The van der Waals surface area contributed by atoms with Gasteiger partial charge in [0.05, 0.1) is 10.6 Å². The molecule has 3 aromatic carbocycles. The number of hydrogen-bond acceptors (Lipinski definition) is 4. The molecular weight excluding hydrogens is 472 g/mol. The van der Waals surface area contributed by atoms with Crippen molar-refractivity contribution < 1.29 is 18.0 Å². The normalized spacial score (nSPS) is 11.9. The number of carbonyl (C=O) groups is 2. The van der Waals surface area contributed by atoms with E-state index in [0.717, 1.165) is 5.56 Å². The molecule has 0 radical (unpaired) electrons. The van der Waals surface area contributed by atoms with Crippen LogP contribution < -0.4 is 4.72 Å². The van der Waals surface area contributed by atoms with Crippen LogP contribution in [0.15, 0.2) is 84.3 Å². The second-order valence-electron chi connectivity index (χ2n) is 9.72. The summed E-state index contributed by atoms with van der Waals surface area (Å²) in [6.07, 6.45) is 1.23. The van der Waals surface area contributed by atoms with Gasteiger partial charge in [-0.15, -0.1) is 0 Å². The van der Waals surface area contributed by atoms with Gasteiger partial charge in [-0.2, -0.15) is 0 Å². The predicted molar refractivity (Wildman–Crippen MR) is 144 cm³/mol. The van der Waals surface area contributed by atoms with Crippen molar-refractivity contribution in [3.05, 3.63) is 96.2 Å². The maximum absolute atomic E-state index is 13.1. The third kappa shape index (κ3) is 4.88. The van der Waals surface area contributed by atoms with Gasteiger partial charge in [-0.1, -0.05) is 63.7 Å². The summed E-state index contributed by atoms with van der Waals surface area (Å²) < 4.78 is 28.8. The number of ketones is 2. The molecule has 0 atom stereocenters. The second kappa shape index (κ2) is 9.24. The molecular formula is C29H28N2O4S. The number of aromatic amines is 1. The van der Waals surface area contributed by atoms with Gasteiger partial charge in [0.25, 0.3) is 10.0 Å². The Hall–Kier alpha value is -3.97. The molecule has 0 aliphatic carbocycles. The molecule has 0 aliphatic heterocycles. The molecule has 0 unspecified atom stereocenters. The summed E-state index contributed by atoms with van der Waals surface area (Å²) in [5.74, 6) is -0.354. The molecule has 184 valence electrons. The Labute approximate surface area is 211 Å². The van der Waals surface area contributed by atoms with E-state index < -0.39 is 10.0 Å². The predicted octanol–water partition coefficient (Wildman–Crippen LogP) is 6.50. The van der Waals surface area contributed by atoms with Crippen molar-refractivity contribution in [2.24, 2.45) is 0 Å². The molecule has 0 saturated heterocycles. The number of hydrogen-bond donors (Lipinski definition) is 2. The van der Waals surface area contributed by atoms with Crippen LogP contribution in [-0.4, -0.2) is 25.0 Å². The van der Waals surface area contributed by atoms with Crippen LogP contribution >= 0.6 is 0 Å². The Morgan fingerprint density at radius 3 is 2.14 bits per heavy atom. The van der Waals surface area contributed by atoms with Gasteiger partial charge in [0.1, 0.15) is 0 Å². The summed E-state index contributed by atoms with van der Waals surface area (Å²) in [6.45, 7) is 11.3. The van der Waals surface area contributed by atoms with Gasteiger partial charge in [-0.05, 0) is 59.9 Å². The average Bonchev–Trinajstić information content (AvgIpc) is 3.21.